The Morgan fingerprint density at radius 1 is 1.43 bits per heavy atom. The van der Waals surface area contributed by atoms with Crippen LogP contribution in [0.2, 0.25) is 4.34 Å². The molecule has 1 aromatic carbocycles. The van der Waals surface area contributed by atoms with E-state index in [1.54, 1.807) is 23.1 Å². The minimum atomic E-state index is 0.945. The molecular weight excluding hydrogens is 232 g/mol. The van der Waals surface area contributed by atoms with Crippen molar-refractivity contribution in [1.82, 2.24) is 0 Å². The predicted molar refractivity (Wildman–Crippen MR) is 68.0 cm³/mol. The molecule has 0 unspecified atom stereocenters. The van der Waals surface area contributed by atoms with Gasteiger partial charge in [-0.1, -0.05) is 18.5 Å². The molecule has 0 amide bonds. The molecule has 0 bridgehead atoms. The van der Waals surface area contributed by atoms with Crippen LogP contribution in [0.4, 0.5) is 0 Å². The molecule has 3 heteroatoms. The van der Waals surface area contributed by atoms with E-state index in [1.807, 2.05) is 0 Å². The average molecular weight is 243 g/mol. The Morgan fingerprint density at radius 2 is 2.21 bits per heavy atom. The van der Waals surface area contributed by atoms with Gasteiger partial charge in [-0.2, -0.15) is 0 Å². The number of thioether (sulfide) groups is 1. The molecular formula is C11H11ClS2. The molecule has 2 rings (SSSR count). The van der Waals surface area contributed by atoms with Crippen molar-refractivity contribution in [3.05, 3.63) is 28.1 Å². The van der Waals surface area contributed by atoms with Gasteiger partial charge >= 0.3 is 0 Å². The Hall–Kier alpha value is -0.180. The number of hydrogen-bond donors (Lipinski definition) is 0. The summed E-state index contributed by atoms with van der Waals surface area (Å²) in [6.45, 7) is 2.15. The molecule has 0 N–H and O–H groups in total. The van der Waals surface area contributed by atoms with Gasteiger partial charge in [-0.25, -0.2) is 0 Å². The van der Waals surface area contributed by atoms with Gasteiger partial charge in [-0.3, -0.25) is 0 Å². The van der Waals surface area contributed by atoms with Crippen LogP contribution < -0.4 is 0 Å². The van der Waals surface area contributed by atoms with Crippen LogP contribution in [-0.4, -0.2) is 6.26 Å². The Kier molecular flexibility index (Phi) is 3.05. The molecule has 1 heterocycles. The number of halogens is 1. The third-order valence-electron chi connectivity index (χ3n) is 2.30. The summed E-state index contributed by atoms with van der Waals surface area (Å²) in [6, 6.07) is 6.55. The first-order valence-corrected chi connectivity index (χ1v) is 6.93. The zero-order valence-electron chi connectivity index (χ0n) is 8.13. The van der Waals surface area contributed by atoms with Gasteiger partial charge in [0.25, 0.3) is 0 Å². The third kappa shape index (κ3) is 1.67. The molecule has 0 radical (unpaired) electrons. The molecule has 0 nitrogen and oxygen atoms in total. The summed E-state index contributed by atoms with van der Waals surface area (Å²) in [4.78, 5) is 1.31. The second-order valence-electron chi connectivity index (χ2n) is 3.07. The summed E-state index contributed by atoms with van der Waals surface area (Å²) < 4.78 is 2.24. The monoisotopic (exact) mass is 242 g/mol. The summed E-state index contributed by atoms with van der Waals surface area (Å²) in [7, 11) is 0. The normalized spacial score (nSPS) is 11.1. The van der Waals surface area contributed by atoms with E-state index in [9.17, 15) is 0 Å². The summed E-state index contributed by atoms with van der Waals surface area (Å²) in [5.74, 6) is 0. The Balaban J connectivity index is 2.71. The minimum absolute atomic E-state index is 0.945. The van der Waals surface area contributed by atoms with Gasteiger partial charge < -0.3 is 0 Å². The van der Waals surface area contributed by atoms with E-state index in [-0.39, 0.29) is 0 Å². The zero-order valence-corrected chi connectivity index (χ0v) is 10.5. The van der Waals surface area contributed by atoms with Gasteiger partial charge in [0.05, 0.1) is 4.34 Å². The quantitative estimate of drug-likeness (QED) is 0.679. The van der Waals surface area contributed by atoms with Gasteiger partial charge in [-0.15, -0.1) is 23.1 Å². The highest BCUT2D eigenvalue weighted by Gasteiger charge is 2.08. The second kappa shape index (κ2) is 4.13. The number of rotatable bonds is 2. The Labute approximate surface area is 97.3 Å². The van der Waals surface area contributed by atoms with Crippen molar-refractivity contribution >= 4 is 44.8 Å². The molecule has 0 spiro atoms. The average Bonchev–Trinajstić information content (AvgIpc) is 2.52. The van der Waals surface area contributed by atoms with Crippen molar-refractivity contribution in [1.29, 1.82) is 0 Å². The van der Waals surface area contributed by atoms with Crippen LogP contribution >= 0.6 is 34.7 Å². The molecule has 1 aromatic heterocycles. The van der Waals surface area contributed by atoms with Crippen LogP contribution in [0.25, 0.3) is 10.1 Å². The smallest absolute Gasteiger partial charge is 0.0972 e. The number of hydrogen-bond acceptors (Lipinski definition) is 2. The number of aryl methyl sites for hydroxylation is 1. The molecule has 0 aliphatic heterocycles. The van der Waals surface area contributed by atoms with E-state index in [0.717, 1.165) is 10.8 Å². The van der Waals surface area contributed by atoms with E-state index in [4.69, 9.17) is 11.6 Å². The third-order valence-corrected chi connectivity index (χ3v) is 4.49. The SMILES string of the molecule is CCc1c(Cl)sc2ccc(SC)cc12. The van der Waals surface area contributed by atoms with Crippen molar-refractivity contribution in [3.8, 4) is 0 Å². The maximum Gasteiger partial charge on any atom is 0.0972 e. The predicted octanol–water partition coefficient (Wildman–Crippen LogP) is 4.84. The van der Waals surface area contributed by atoms with E-state index in [0.29, 0.717) is 0 Å². The van der Waals surface area contributed by atoms with Crippen molar-refractivity contribution in [2.75, 3.05) is 6.26 Å². The zero-order chi connectivity index (χ0) is 10.1. The first-order valence-electron chi connectivity index (χ1n) is 4.51. The van der Waals surface area contributed by atoms with Crippen LogP contribution in [0.5, 0.6) is 0 Å². The van der Waals surface area contributed by atoms with Crippen LogP contribution in [0, 0.1) is 0 Å². The summed E-state index contributed by atoms with van der Waals surface area (Å²) in [6.07, 6.45) is 3.11. The van der Waals surface area contributed by atoms with Crippen LogP contribution in [0.1, 0.15) is 12.5 Å². The van der Waals surface area contributed by atoms with E-state index in [2.05, 4.69) is 31.4 Å². The maximum atomic E-state index is 6.18. The highest BCUT2D eigenvalue weighted by Crippen LogP contribution is 2.37. The number of benzene rings is 1. The van der Waals surface area contributed by atoms with Crippen LogP contribution in [0.3, 0.4) is 0 Å². The lowest BCUT2D eigenvalue weighted by atomic mass is 10.1. The first kappa shape index (κ1) is 10.3. The number of fused-ring (bicyclic) bond motifs is 1. The van der Waals surface area contributed by atoms with Crippen LogP contribution in [0.15, 0.2) is 23.1 Å². The van der Waals surface area contributed by atoms with Gasteiger partial charge in [0.15, 0.2) is 0 Å². The molecule has 0 saturated heterocycles. The molecule has 0 aliphatic carbocycles. The fraction of sp³-hybridized carbons (Fsp3) is 0.273. The topological polar surface area (TPSA) is 0 Å². The summed E-state index contributed by atoms with van der Waals surface area (Å²) >= 11 is 9.63. The molecule has 2 aromatic rings. The van der Waals surface area contributed by atoms with Crippen molar-refractivity contribution < 1.29 is 0 Å². The van der Waals surface area contributed by atoms with Gasteiger partial charge in [0, 0.05) is 9.60 Å². The molecule has 0 atom stereocenters. The lowest BCUT2D eigenvalue weighted by molar-refractivity contribution is 1.17. The molecule has 74 valence electrons. The largest absolute Gasteiger partial charge is 0.130 e. The maximum absolute atomic E-state index is 6.18. The summed E-state index contributed by atoms with van der Waals surface area (Å²) in [5.41, 5.74) is 1.29. The fourth-order valence-electron chi connectivity index (χ4n) is 1.55. The van der Waals surface area contributed by atoms with Gasteiger partial charge in [0.1, 0.15) is 0 Å². The second-order valence-corrected chi connectivity index (χ2v) is 5.60. The van der Waals surface area contributed by atoms with E-state index in [1.165, 1.54) is 20.5 Å². The van der Waals surface area contributed by atoms with Crippen LogP contribution in [-0.2, 0) is 6.42 Å². The minimum Gasteiger partial charge on any atom is -0.130 e. The standard InChI is InChI=1S/C11H11ClS2/c1-3-8-9-6-7(13-2)4-5-10(9)14-11(8)12/h4-6H,3H2,1-2H3. The highest BCUT2D eigenvalue weighted by atomic mass is 35.5. The van der Waals surface area contributed by atoms with Crippen molar-refractivity contribution in [3.63, 3.8) is 0 Å². The van der Waals surface area contributed by atoms with Gasteiger partial charge in [0.2, 0.25) is 0 Å². The number of thiophene rings is 1. The van der Waals surface area contributed by atoms with Gasteiger partial charge in [-0.05, 0) is 41.8 Å². The van der Waals surface area contributed by atoms with Crippen molar-refractivity contribution in [2.45, 2.75) is 18.2 Å². The molecule has 0 aliphatic rings. The Bertz CT molecular complexity index is 460. The Morgan fingerprint density at radius 3 is 2.86 bits per heavy atom. The van der Waals surface area contributed by atoms with E-state index >= 15 is 0 Å². The molecule has 14 heavy (non-hydrogen) atoms. The lowest BCUT2D eigenvalue weighted by Gasteiger charge is -1.98. The fourth-order valence-corrected chi connectivity index (χ4v) is 3.48. The summed E-state index contributed by atoms with van der Waals surface area (Å²) in [5, 5.41) is 1.33. The molecule has 0 fully saturated rings. The van der Waals surface area contributed by atoms with Crippen molar-refractivity contribution in [2.24, 2.45) is 0 Å². The first-order chi connectivity index (χ1) is 6.76. The molecule has 0 saturated carbocycles. The van der Waals surface area contributed by atoms with E-state index < -0.39 is 0 Å². The lowest BCUT2D eigenvalue weighted by Crippen LogP contribution is -1.77. The highest BCUT2D eigenvalue weighted by molar-refractivity contribution is 7.98.